The van der Waals surface area contributed by atoms with E-state index in [0.717, 1.165) is 0 Å². The molecule has 1 nitrogen and oxygen atoms in total. The third kappa shape index (κ3) is 3.58. The second-order valence-electron chi connectivity index (χ2n) is 5.14. The largest absolute Gasteiger partial charge is 0.292 e. The molecule has 0 aliphatic carbocycles. The van der Waals surface area contributed by atoms with E-state index in [4.69, 9.17) is 0 Å². The van der Waals surface area contributed by atoms with Gasteiger partial charge in [0.1, 0.15) is 5.82 Å². The van der Waals surface area contributed by atoms with E-state index < -0.39 is 5.41 Å². The van der Waals surface area contributed by atoms with Crippen LogP contribution in [0.5, 0.6) is 0 Å². The number of hydrogen-bond donors (Lipinski definition) is 0. The van der Waals surface area contributed by atoms with Gasteiger partial charge in [-0.25, -0.2) is 4.39 Å². The molecule has 0 aliphatic heterocycles. The van der Waals surface area contributed by atoms with Crippen LogP contribution in [0.25, 0.3) is 0 Å². The van der Waals surface area contributed by atoms with Gasteiger partial charge in [-0.1, -0.05) is 49.1 Å². The van der Waals surface area contributed by atoms with Crippen molar-refractivity contribution < 1.29 is 9.18 Å². The van der Waals surface area contributed by atoms with E-state index in [0.29, 0.717) is 17.5 Å². The average molecular weight is 280 g/mol. The Morgan fingerprint density at radius 1 is 1.10 bits per heavy atom. The van der Waals surface area contributed by atoms with Crippen LogP contribution in [0.2, 0.25) is 0 Å². The molecule has 1 atom stereocenters. The summed E-state index contributed by atoms with van der Waals surface area (Å²) in [6.45, 7) is 3.79. The van der Waals surface area contributed by atoms with Crippen LogP contribution in [0.4, 0.5) is 4.39 Å². The summed E-state index contributed by atoms with van der Waals surface area (Å²) < 4.78 is 12.9. The fourth-order valence-electron chi connectivity index (χ4n) is 1.96. The lowest BCUT2D eigenvalue weighted by atomic mass is 9.80. The summed E-state index contributed by atoms with van der Waals surface area (Å²) in [5, 5.41) is 0. The van der Waals surface area contributed by atoms with Crippen LogP contribution >= 0.6 is 0 Å². The van der Waals surface area contributed by atoms with Gasteiger partial charge in [0.15, 0.2) is 5.78 Å². The monoisotopic (exact) mass is 280 g/mol. The molecule has 0 spiro atoms. The lowest BCUT2D eigenvalue weighted by Gasteiger charge is -2.20. The first-order chi connectivity index (χ1) is 10.0. The summed E-state index contributed by atoms with van der Waals surface area (Å²) in [7, 11) is 0. The number of benzene rings is 2. The van der Waals surface area contributed by atoms with Gasteiger partial charge in [-0.15, -0.1) is 0 Å². The Morgan fingerprint density at radius 3 is 2.29 bits per heavy atom. The van der Waals surface area contributed by atoms with E-state index in [9.17, 15) is 9.18 Å². The standard InChI is InChI=1S/C19H17FO/c1-3-19(2,18(21)16-7-5-4-6-8-16)14-13-15-9-11-17(20)12-10-15/h4-12H,3H2,1-2H3. The number of Topliss-reactive ketones (excluding diaryl/α,β-unsaturated/α-hetero) is 1. The van der Waals surface area contributed by atoms with E-state index in [2.05, 4.69) is 11.8 Å². The number of hydrogen-bond acceptors (Lipinski definition) is 1. The molecule has 2 aromatic rings. The third-order valence-corrected chi connectivity index (χ3v) is 3.57. The molecule has 1 unspecified atom stereocenters. The Hall–Kier alpha value is -2.40. The zero-order valence-corrected chi connectivity index (χ0v) is 12.2. The van der Waals surface area contributed by atoms with Gasteiger partial charge in [-0.2, -0.15) is 0 Å². The van der Waals surface area contributed by atoms with Crippen LogP contribution in [0.3, 0.4) is 0 Å². The Kier molecular flexibility index (Phi) is 4.55. The SMILES string of the molecule is CCC(C)(C#Cc1ccc(F)cc1)C(=O)c1ccccc1. The Morgan fingerprint density at radius 2 is 1.71 bits per heavy atom. The first-order valence-corrected chi connectivity index (χ1v) is 6.94. The predicted octanol–water partition coefficient (Wildman–Crippen LogP) is 4.48. The molecular weight excluding hydrogens is 263 g/mol. The van der Waals surface area contributed by atoms with Crippen molar-refractivity contribution in [2.75, 3.05) is 0 Å². The molecule has 2 rings (SSSR count). The number of carbonyl (C=O) groups is 1. The molecule has 106 valence electrons. The van der Waals surface area contributed by atoms with Gasteiger partial charge >= 0.3 is 0 Å². The summed E-state index contributed by atoms with van der Waals surface area (Å²) in [5.41, 5.74) is 0.627. The van der Waals surface area contributed by atoms with E-state index in [1.54, 1.807) is 24.3 Å². The molecule has 0 fully saturated rings. The number of ketones is 1. The molecule has 0 saturated carbocycles. The lowest BCUT2D eigenvalue weighted by Crippen LogP contribution is -2.25. The molecule has 0 amide bonds. The summed E-state index contributed by atoms with van der Waals surface area (Å²) in [5.74, 6) is 5.76. The molecule has 2 heteroatoms. The first kappa shape index (κ1) is 15.0. The van der Waals surface area contributed by atoms with Crippen molar-refractivity contribution in [3.63, 3.8) is 0 Å². The summed E-state index contributed by atoms with van der Waals surface area (Å²) in [6.07, 6.45) is 0.620. The molecule has 0 radical (unpaired) electrons. The second kappa shape index (κ2) is 6.37. The first-order valence-electron chi connectivity index (χ1n) is 6.94. The smallest absolute Gasteiger partial charge is 0.180 e. The maximum atomic E-state index is 12.9. The second-order valence-corrected chi connectivity index (χ2v) is 5.14. The average Bonchev–Trinajstić information content (AvgIpc) is 2.54. The van der Waals surface area contributed by atoms with Crippen molar-refractivity contribution in [3.05, 3.63) is 71.5 Å². The minimum atomic E-state index is -0.740. The maximum absolute atomic E-state index is 12.9. The quantitative estimate of drug-likeness (QED) is 0.598. The molecule has 0 heterocycles. The summed E-state index contributed by atoms with van der Waals surface area (Å²) >= 11 is 0. The molecule has 2 aromatic carbocycles. The van der Waals surface area contributed by atoms with Crippen LogP contribution < -0.4 is 0 Å². The molecule has 0 aromatic heterocycles. The van der Waals surface area contributed by atoms with Crippen molar-refractivity contribution in [2.45, 2.75) is 20.3 Å². The van der Waals surface area contributed by atoms with Gasteiger partial charge in [0.05, 0.1) is 5.41 Å². The third-order valence-electron chi connectivity index (χ3n) is 3.57. The van der Waals surface area contributed by atoms with Crippen molar-refractivity contribution in [3.8, 4) is 11.8 Å². The fraction of sp³-hybridized carbons (Fsp3) is 0.211. The molecule has 0 aliphatic rings. The topological polar surface area (TPSA) is 17.1 Å². The maximum Gasteiger partial charge on any atom is 0.180 e. The van der Waals surface area contributed by atoms with Crippen LogP contribution in [-0.2, 0) is 0 Å². The highest BCUT2D eigenvalue weighted by Crippen LogP contribution is 2.25. The predicted molar refractivity (Wildman–Crippen MR) is 82.4 cm³/mol. The highest BCUT2D eigenvalue weighted by molar-refractivity contribution is 6.02. The number of carbonyl (C=O) groups excluding carboxylic acids is 1. The van der Waals surface area contributed by atoms with Crippen molar-refractivity contribution >= 4 is 5.78 Å². The van der Waals surface area contributed by atoms with Crippen LogP contribution in [0.1, 0.15) is 36.2 Å². The van der Waals surface area contributed by atoms with E-state index >= 15 is 0 Å². The zero-order chi connectivity index (χ0) is 15.3. The van der Waals surface area contributed by atoms with E-state index in [1.807, 2.05) is 32.0 Å². The zero-order valence-electron chi connectivity index (χ0n) is 12.2. The number of rotatable bonds is 3. The van der Waals surface area contributed by atoms with Crippen LogP contribution in [0.15, 0.2) is 54.6 Å². The van der Waals surface area contributed by atoms with Gasteiger partial charge in [0, 0.05) is 11.1 Å². The van der Waals surface area contributed by atoms with Gasteiger partial charge in [-0.3, -0.25) is 4.79 Å². The Labute approximate surface area is 124 Å². The molecule has 0 bridgehead atoms. The molecule has 21 heavy (non-hydrogen) atoms. The van der Waals surface area contributed by atoms with Gasteiger partial charge < -0.3 is 0 Å². The molecule has 0 saturated heterocycles. The summed E-state index contributed by atoms with van der Waals surface area (Å²) in [6, 6.07) is 15.1. The van der Waals surface area contributed by atoms with E-state index in [-0.39, 0.29) is 11.6 Å². The van der Waals surface area contributed by atoms with Crippen LogP contribution in [-0.4, -0.2) is 5.78 Å². The van der Waals surface area contributed by atoms with Crippen LogP contribution in [0, 0.1) is 23.1 Å². The van der Waals surface area contributed by atoms with Crippen molar-refractivity contribution in [1.82, 2.24) is 0 Å². The molecule has 0 N–H and O–H groups in total. The minimum Gasteiger partial charge on any atom is -0.292 e. The summed E-state index contributed by atoms with van der Waals surface area (Å²) in [4.78, 5) is 12.6. The minimum absolute atomic E-state index is 0.0141. The van der Waals surface area contributed by atoms with Gasteiger partial charge in [-0.05, 0) is 37.6 Å². The number of halogens is 1. The Balaban J connectivity index is 2.30. The van der Waals surface area contributed by atoms with Crippen molar-refractivity contribution in [1.29, 1.82) is 0 Å². The molecular formula is C19H17FO. The van der Waals surface area contributed by atoms with Gasteiger partial charge in [0.25, 0.3) is 0 Å². The fourth-order valence-corrected chi connectivity index (χ4v) is 1.96. The highest BCUT2D eigenvalue weighted by Gasteiger charge is 2.29. The Bertz CT molecular complexity index is 677. The van der Waals surface area contributed by atoms with Crippen molar-refractivity contribution in [2.24, 2.45) is 5.41 Å². The van der Waals surface area contributed by atoms with Gasteiger partial charge in [0.2, 0.25) is 0 Å². The highest BCUT2D eigenvalue weighted by atomic mass is 19.1. The van der Waals surface area contributed by atoms with E-state index in [1.165, 1.54) is 12.1 Å². The lowest BCUT2D eigenvalue weighted by molar-refractivity contribution is 0.0874. The normalized spacial score (nSPS) is 12.9.